The summed E-state index contributed by atoms with van der Waals surface area (Å²) >= 11 is 0. The highest BCUT2D eigenvalue weighted by Crippen LogP contribution is 2.25. The Balaban J connectivity index is 1.35. The fourth-order valence-electron chi connectivity index (χ4n) is 3.62. The number of nitrogens with zero attached hydrogens (tertiary/aromatic N) is 1. The summed E-state index contributed by atoms with van der Waals surface area (Å²) in [5, 5.41) is 0.916. The van der Waals surface area contributed by atoms with E-state index in [-0.39, 0.29) is 18.9 Å². The monoisotopic (exact) mass is 377 g/mol. The summed E-state index contributed by atoms with van der Waals surface area (Å²) < 4.78 is 10.8. The number of carbonyl (C=O) groups excluding carboxylic acids is 2. The van der Waals surface area contributed by atoms with Crippen LogP contribution in [0.2, 0.25) is 0 Å². The molecule has 0 unspecified atom stereocenters. The van der Waals surface area contributed by atoms with Gasteiger partial charge in [0.15, 0.2) is 6.61 Å². The van der Waals surface area contributed by atoms with E-state index in [4.69, 9.17) is 9.15 Å². The minimum atomic E-state index is -0.424. The quantitative estimate of drug-likeness (QED) is 0.650. The summed E-state index contributed by atoms with van der Waals surface area (Å²) in [7, 11) is 0. The number of fused-ring (bicyclic) bond motifs is 2. The van der Waals surface area contributed by atoms with Gasteiger partial charge in [0.1, 0.15) is 5.58 Å². The molecule has 0 N–H and O–H groups in total. The molecular weight excluding hydrogens is 354 g/mol. The van der Waals surface area contributed by atoms with Crippen LogP contribution in [0.15, 0.2) is 47.1 Å². The van der Waals surface area contributed by atoms with Gasteiger partial charge in [-0.3, -0.25) is 9.59 Å². The molecule has 5 heteroatoms. The molecule has 0 bridgehead atoms. The lowest BCUT2D eigenvalue weighted by molar-refractivity contribution is -0.151. The Hall–Kier alpha value is -3.08. The molecular formula is C23H23NO4. The second-order valence-electron chi connectivity index (χ2n) is 7.37. The van der Waals surface area contributed by atoms with Crippen molar-refractivity contribution < 1.29 is 18.7 Å². The van der Waals surface area contributed by atoms with Gasteiger partial charge in [-0.2, -0.15) is 0 Å². The lowest BCUT2D eigenvalue weighted by atomic mass is 10.00. The fraction of sp³-hybridized carbons (Fsp3) is 0.304. The highest BCUT2D eigenvalue weighted by molar-refractivity contribution is 5.87. The molecule has 0 saturated carbocycles. The van der Waals surface area contributed by atoms with E-state index in [1.807, 2.05) is 44.2 Å². The first-order valence-corrected chi connectivity index (χ1v) is 9.49. The van der Waals surface area contributed by atoms with Crippen molar-refractivity contribution in [2.24, 2.45) is 0 Å². The highest BCUT2D eigenvalue weighted by atomic mass is 16.5. The van der Waals surface area contributed by atoms with Crippen LogP contribution in [-0.2, 0) is 33.7 Å². The molecule has 1 aliphatic rings. The molecule has 5 nitrogen and oxygen atoms in total. The molecule has 0 atom stereocenters. The number of ether oxygens (including phenoxy) is 1. The molecule has 2 aromatic carbocycles. The molecule has 0 spiro atoms. The van der Waals surface area contributed by atoms with Crippen molar-refractivity contribution in [3.8, 4) is 0 Å². The van der Waals surface area contributed by atoms with E-state index in [1.54, 1.807) is 11.2 Å². The Morgan fingerprint density at radius 2 is 1.86 bits per heavy atom. The molecule has 1 aliphatic heterocycles. The maximum Gasteiger partial charge on any atom is 0.310 e. The second kappa shape index (κ2) is 7.50. The molecule has 0 saturated heterocycles. The molecule has 144 valence electrons. The maximum atomic E-state index is 12.4. The summed E-state index contributed by atoms with van der Waals surface area (Å²) in [6.45, 7) is 5.04. The number of amides is 1. The van der Waals surface area contributed by atoms with Crippen LogP contribution >= 0.6 is 0 Å². The van der Waals surface area contributed by atoms with E-state index in [0.29, 0.717) is 13.1 Å². The first-order chi connectivity index (χ1) is 13.5. The van der Waals surface area contributed by atoms with Crippen LogP contribution in [0.1, 0.15) is 27.8 Å². The Labute approximate surface area is 163 Å². The minimum Gasteiger partial charge on any atom is -0.464 e. The van der Waals surface area contributed by atoms with Crippen LogP contribution in [0, 0.1) is 13.8 Å². The summed E-state index contributed by atoms with van der Waals surface area (Å²) in [4.78, 5) is 26.4. The average molecular weight is 377 g/mol. The zero-order chi connectivity index (χ0) is 19.7. The van der Waals surface area contributed by atoms with Gasteiger partial charge in [0, 0.05) is 24.0 Å². The first kappa shape index (κ1) is 18.3. The van der Waals surface area contributed by atoms with Crippen LogP contribution in [0.3, 0.4) is 0 Å². The predicted octanol–water partition coefficient (Wildman–Crippen LogP) is 3.72. The van der Waals surface area contributed by atoms with Gasteiger partial charge in [0.2, 0.25) is 0 Å². The summed E-state index contributed by atoms with van der Waals surface area (Å²) in [5.41, 5.74) is 6.26. The van der Waals surface area contributed by atoms with Crippen LogP contribution in [-0.4, -0.2) is 29.9 Å². The van der Waals surface area contributed by atoms with Crippen LogP contribution in [0.25, 0.3) is 11.0 Å². The molecule has 1 aromatic heterocycles. The third-order valence-electron chi connectivity index (χ3n) is 5.44. The number of aryl methyl sites for hydroxylation is 2. The van der Waals surface area contributed by atoms with Gasteiger partial charge in [-0.15, -0.1) is 0 Å². The Bertz CT molecular complexity index is 1050. The van der Waals surface area contributed by atoms with E-state index in [1.165, 1.54) is 5.56 Å². The molecule has 0 aliphatic carbocycles. The van der Waals surface area contributed by atoms with Crippen molar-refractivity contribution in [3.63, 3.8) is 0 Å². The Morgan fingerprint density at radius 3 is 2.68 bits per heavy atom. The standard InChI is InChI=1S/C23H23NO4/c1-15-9-20-19(13-27-21(20)10-16(15)2)11-23(26)28-14-22(25)24-8-7-17-5-3-4-6-18(17)12-24/h3-6,9-10,13H,7-8,11-12,14H2,1-2H3. The van der Waals surface area contributed by atoms with Gasteiger partial charge in [0.05, 0.1) is 12.7 Å². The van der Waals surface area contributed by atoms with E-state index in [9.17, 15) is 9.59 Å². The van der Waals surface area contributed by atoms with Crippen LogP contribution in [0.5, 0.6) is 0 Å². The van der Waals surface area contributed by atoms with E-state index < -0.39 is 5.97 Å². The van der Waals surface area contributed by atoms with Gasteiger partial charge in [0.25, 0.3) is 5.91 Å². The van der Waals surface area contributed by atoms with Crippen LogP contribution < -0.4 is 0 Å². The minimum absolute atomic E-state index is 0.0889. The smallest absolute Gasteiger partial charge is 0.310 e. The predicted molar refractivity (Wildman–Crippen MR) is 106 cm³/mol. The molecule has 4 rings (SSSR count). The topological polar surface area (TPSA) is 59.8 Å². The first-order valence-electron chi connectivity index (χ1n) is 9.49. The van der Waals surface area contributed by atoms with Crippen molar-refractivity contribution >= 4 is 22.8 Å². The lowest BCUT2D eigenvalue weighted by Crippen LogP contribution is -2.38. The van der Waals surface area contributed by atoms with Crippen molar-refractivity contribution in [2.45, 2.75) is 33.2 Å². The van der Waals surface area contributed by atoms with Crippen molar-refractivity contribution in [3.05, 3.63) is 70.5 Å². The van der Waals surface area contributed by atoms with E-state index in [0.717, 1.165) is 39.6 Å². The lowest BCUT2D eigenvalue weighted by Gasteiger charge is -2.28. The Kier molecular flexibility index (Phi) is 4.90. The maximum absolute atomic E-state index is 12.4. The third-order valence-corrected chi connectivity index (χ3v) is 5.44. The normalized spacial score (nSPS) is 13.4. The second-order valence-corrected chi connectivity index (χ2v) is 7.37. The molecule has 0 fully saturated rings. The molecule has 3 aromatic rings. The third kappa shape index (κ3) is 3.65. The summed E-state index contributed by atoms with van der Waals surface area (Å²) in [5.74, 6) is -0.585. The van der Waals surface area contributed by atoms with Gasteiger partial charge in [-0.05, 0) is 54.7 Å². The van der Waals surface area contributed by atoms with E-state index >= 15 is 0 Å². The number of carbonyl (C=O) groups is 2. The SMILES string of the molecule is Cc1cc2occ(CC(=O)OCC(=O)N3CCc4ccccc4C3)c2cc1C. The highest BCUT2D eigenvalue weighted by Gasteiger charge is 2.21. The number of benzene rings is 2. The number of hydrogen-bond donors (Lipinski definition) is 0. The number of esters is 1. The van der Waals surface area contributed by atoms with Crippen molar-refractivity contribution in [1.29, 1.82) is 0 Å². The zero-order valence-corrected chi connectivity index (χ0v) is 16.2. The largest absolute Gasteiger partial charge is 0.464 e. The van der Waals surface area contributed by atoms with Crippen molar-refractivity contribution in [1.82, 2.24) is 4.90 Å². The van der Waals surface area contributed by atoms with Gasteiger partial charge >= 0.3 is 5.97 Å². The molecule has 28 heavy (non-hydrogen) atoms. The summed E-state index contributed by atoms with van der Waals surface area (Å²) in [6, 6.07) is 12.1. The average Bonchev–Trinajstić information content (AvgIpc) is 3.07. The Morgan fingerprint density at radius 1 is 1.11 bits per heavy atom. The number of rotatable bonds is 4. The molecule has 2 heterocycles. The fourth-order valence-corrected chi connectivity index (χ4v) is 3.62. The van der Waals surface area contributed by atoms with E-state index in [2.05, 4.69) is 6.07 Å². The van der Waals surface area contributed by atoms with Crippen LogP contribution in [0.4, 0.5) is 0 Å². The summed E-state index contributed by atoms with van der Waals surface area (Å²) in [6.07, 6.45) is 2.51. The molecule has 1 amide bonds. The van der Waals surface area contributed by atoms with Crippen molar-refractivity contribution in [2.75, 3.05) is 13.2 Å². The van der Waals surface area contributed by atoms with Gasteiger partial charge in [-0.1, -0.05) is 24.3 Å². The van der Waals surface area contributed by atoms with Gasteiger partial charge < -0.3 is 14.1 Å². The molecule has 0 radical (unpaired) electrons. The zero-order valence-electron chi connectivity index (χ0n) is 16.2. The van der Waals surface area contributed by atoms with Gasteiger partial charge in [-0.25, -0.2) is 0 Å². The number of furan rings is 1. The number of hydrogen-bond acceptors (Lipinski definition) is 4.